The fourth-order valence-electron chi connectivity index (χ4n) is 6.49. The van der Waals surface area contributed by atoms with Gasteiger partial charge in [-0.15, -0.1) is 24.8 Å². The summed E-state index contributed by atoms with van der Waals surface area (Å²) in [4.78, 5) is 17.9. The smallest absolute Gasteiger partial charge is 0.225 e. The number of fused-ring (bicyclic) bond motifs is 3. The molecule has 1 saturated heterocycles. The number of halogens is 2. The Morgan fingerprint density at radius 3 is 2.33 bits per heavy atom. The summed E-state index contributed by atoms with van der Waals surface area (Å²) in [5.74, 6) is 2.59. The molecule has 1 aromatic rings. The standard InChI is InChI=1S/C24H35N3O.2ClH/c25-23-19-5-3-6-20(23)15-21(14-19)24(28)26-11-8-17(9-12-26)16-27-13-10-18-4-1-2-7-22(18)27;;/h1-2,4,7,17,19-21,23H,3,5-6,8-16,25H2;2*1H. The number of hydrogen-bond donors (Lipinski definition) is 1. The maximum absolute atomic E-state index is 13.2. The topological polar surface area (TPSA) is 49.6 Å². The largest absolute Gasteiger partial charge is 0.371 e. The summed E-state index contributed by atoms with van der Waals surface area (Å²) in [7, 11) is 0. The fourth-order valence-corrected chi connectivity index (χ4v) is 6.49. The van der Waals surface area contributed by atoms with E-state index in [1.54, 1.807) is 0 Å². The highest BCUT2D eigenvalue weighted by molar-refractivity contribution is 5.85. The predicted octanol–water partition coefficient (Wildman–Crippen LogP) is 4.28. The number of rotatable bonds is 3. The van der Waals surface area contributed by atoms with Gasteiger partial charge in [0.2, 0.25) is 5.91 Å². The van der Waals surface area contributed by atoms with E-state index in [0.717, 1.165) is 57.8 Å². The summed E-state index contributed by atoms with van der Waals surface area (Å²) in [6.45, 7) is 4.22. The number of carbonyl (C=O) groups excluding carboxylic acids is 1. The van der Waals surface area contributed by atoms with Gasteiger partial charge in [0.1, 0.15) is 0 Å². The summed E-state index contributed by atoms with van der Waals surface area (Å²) in [6.07, 6.45) is 9.37. The molecule has 2 saturated carbocycles. The Morgan fingerprint density at radius 1 is 0.967 bits per heavy atom. The van der Waals surface area contributed by atoms with E-state index >= 15 is 0 Å². The van der Waals surface area contributed by atoms with Gasteiger partial charge in [-0.2, -0.15) is 0 Å². The van der Waals surface area contributed by atoms with Crippen LogP contribution < -0.4 is 10.6 Å². The zero-order valence-electron chi connectivity index (χ0n) is 17.9. The summed E-state index contributed by atoms with van der Waals surface area (Å²) >= 11 is 0. The number of benzene rings is 1. The molecule has 2 aliphatic heterocycles. The van der Waals surface area contributed by atoms with Crippen LogP contribution in [0.25, 0.3) is 0 Å². The molecule has 3 fully saturated rings. The Morgan fingerprint density at radius 2 is 1.63 bits per heavy atom. The normalized spacial score (nSPS) is 30.8. The van der Waals surface area contributed by atoms with Crippen molar-refractivity contribution in [3.8, 4) is 0 Å². The van der Waals surface area contributed by atoms with E-state index in [1.807, 2.05) is 0 Å². The lowest BCUT2D eigenvalue weighted by Crippen LogP contribution is -2.51. The summed E-state index contributed by atoms with van der Waals surface area (Å²) in [6, 6.07) is 9.20. The fraction of sp³-hybridized carbons (Fsp3) is 0.708. The van der Waals surface area contributed by atoms with Gasteiger partial charge in [0.25, 0.3) is 0 Å². The molecular weight excluding hydrogens is 417 g/mol. The van der Waals surface area contributed by atoms with Gasteiger partial charge >= 0.3 is 0 Å². The molecule has 4 aliphatic rings. The third kappa shape index (κ3) is 4.61. The molecule has 4 nitrogen and oxygen atoms in total. The molecule has 2 bridgehead atoms. The molecule has 5 rings (SSSR count). The molecule has 1 amide bonds. The second-order valence-electron chi connectivity index (χ2n) is 9.79. The first-order valence-electron chi connectivity index (χ1n) is 11.6. The van der Waals surface area contributed by atoms with E-state index in [9.17, 15) is 4.79 Å². The number of hydrogen-bond acceptors (Lipinski definition) is 3. The Labute approximate surface area is 193 Å². The van der Waals surface area contributed by atoms with Crippen LogP contribution in [0, 0.1) is 23.7 Å². The van der Waals surface area contributed by atoms with Crippen LogP contribution in [0.3, 0.4) is 0 Å². The minimum atomic E-state index is 0. The Kier molecular flexibility index (Phi) is 7.97. The molecule has 1 aromatic carbocycles. The minimum absolute atomic E-state index is 0. The third-order valence-corrected chi connectivity index (χ3v) is 8.15. The van der Waals surface area contributed by atoms with E-state index in [-0.39, 0.29) is 30.7 Å². The van der Waals surface area contributed by atoms with E-state index < -0.39 is 0 Å². The lowest BCUT2D eigenvalue weighted by molar-refractivity contribution is -0.140. The molecule has 0 aromatic heterocycles. The van der Waals surface area contributed by atoms with Crippen LogP contribution in [0.5, 0.6) is 0 Å². The van der Waals surface area contributed by atoms with Gasteiger partial charge in [-0.25, -0.2) is 0 Å². The Hall–Kier alpha value is -0.970. The SMILES string of the molecule is Cl.Cl.NC1C2CCCC1CC(C(=O)N1CCC(CN3CCc4ccccc43)CC1)C2. The van der Waals surface area contributed by atoms with Gasteiger partial charge in [0, 0.05) is 43.8 Å². The molecular formula is C24H37Cl2N3O. The predicted molar refractivity (Wildman–Crippen MR) is 128 cm³/mol. The van der Waals surface area contributed by atoms with Gasteiger partial charge < -0.3 is 15.5 Å². The Balaban J connectivity index is 0.00000128. The van der Waals surface area contributed by atoms with Crippen LogP contribution >= 0.6 is 24.8 Å². The van der Waals surface area contributed by atoms with Gasteiger partial charge in [-0.3, -0.25) is 4.79 Å². The van der Waals surface area contributed by atoms with Gasteiger partial charge in [0.05, 0.1) is 0 Å². The van der Waals surface area contributed by atoms with Crippen molar-refractivity contribution in [1.82, 2.24) is 4.90 Å². The summed E-state index contributed by atoms with van der Waals surface area (Å²) in [5.41, 5.74) is 9.36. The average Bonchev–Trinajstić information content (AvgIpc) is 3.11. The molecule has 30 heavy (non-hydrogen) atoms. The molecule has 2 atom stereocenters. The second-order valence-corrected chi connectivity index (χ2v) is 9.79. The van der Waals surface area contributed by atoms with Crippen molar-refractivity contribution in [2.45, 2.75) is 57.4 Å². The first-order chi connectivity index (χ1) is 13.7. The first-order valence-corrected chi connectivity index (χ1v) is 11.6. The van der Waals surface area contributed by atoms with Crippen LogP contribution in [-0.4, -0.2) is 43.0 Å². The monoisotopic (exact) mass is 453 g/mol. The van der Waals surface area contributed by atoms with E-state index in [4.69, 9.17) is 5.73 Å². The molecule has 0 spiro atoms. The quantitative estimate of drug-likeness (QED) is 0.742. The number of nitrogens with zero attached hydrogens (tertiary/aromatic N) is 2. The lowest BCUT2D eigenvalue weighted by Gasteiger charge is -2.45. The minimum Gasteiger partial charge on any atom is -0.371 e. The van der Waals surface area contributed by atoms with Crippen LogP contribution in [0.4, 0.5) is 5.69 Å². The maximum Gasteiger partial charge on any atom is 0.225 e. The molecule has 2 aliphatic carbocycles. The van der Waals surface area contributed by atoms with E-state index in [2.05, 4.69) is 34.1 Å². The molecule has 6 heteroatoms. The number of para-hydroxylation sites is 1. The van der Waals surface area contributed by atoms with E-state index in [1.165, 1.54) is 36.9 Å². The van der Waals surface area contributed by atoms with Crippen molar-refractivity contribution < 1.29 is 4.79 Å². The highest BCUT2D eigenvalue weighted by atomic mass is 35.5. The zero-order chi connectivity index (χ0) is 19.1. The van der Waals surface area contributed by atoms with Crippen molar-refractivity contribution >= 4 is 36.4 Å². The van der Waals surface area contributed by atoms with Crippen LogP contribution in [-0.2, 0) is 11.2 Å². The number of amides is 1. The van der Waals surface area contributed by atoms with E-state index in [0.29, 0.717) is 23.8 Å². The van der Waals surface area contributed by atoms with Crippen molar-refractivity contribution in [1.29, 1.82) is 0 Å². The maximum atomic E-state index is 13.2. The number of nitrogens with two attached hydrogens (primary N) is 1. The molecule has 2 heterocycles. The Bertz CT molecular complexity index is 708. The van der Waals surface area contributed by atoms with Crippen molar-refractivity contribution in [3.63, 3.8) is 0 Å². The molecule has 2 N–H and O–H groups in total. The van der Waals surface area contributed by atoms with Gasteiger partial charge in [0.15, 0.2) is 0 Å². The first kappa shape index (κ1) is 23.7. The van der Waals surface area contributed by atoms with Gasteiger partial charge in [-0.05, 0) is 74.3 Å². The van der Waals surface area contributed by atoms with Crippen molar-refractivity contribution in [2.24, 2.45) is 29.4 Å². The van der Waals surface area contributed by atoms with Crippen LogP contribution in [0.2, 0.25) is 0 Å². The highest BCUT2D eigenvalue weighted by Gasteiger charge is 2.42. The lowest BCUT2D eigenvalue weighted by atomic mass is 9.65. The third-order valence-electron chi connectivity index (χ3n) is 8.15. The number of piperidine rings is 1. The second kappa shape index (κ2) is 10.1. The number of likely N-dealkylation sites (tertiary alicyclic amines) is 1. The highest BCUT2D eigenvalue weighted by Crippen LogP contribution is 2.42. The van der Waals surface area contributed by atoms with Crippen LogP contribution in [0.15, 0.2) is 24.3 Å². The molecule has 0 radical (unpaired) electrons. The van der Waals surface area contributed by atoms with Crippen molar-refractivity contribution in [2.75, 3.05) is 31.1 Å². The summed E-state index contributed by atoms with van der Waals surface area (Å²) < 4.78 is 0. The van der Waals surface area contributed by atoms with Crippen molar-refractivity contribution in [3.05, 3.63) is 29.8 Å². The molecule has 2 unspecified atom stereocenters. The molecule has 168 valence electrons. The zero-order valence-corrected chi connectivity index (χ0v) is 19.5. The average molecular weight is 454 g/mol. The number of carbonyl (C=O) groups is 1. The summed E-state index contributed by atoms with van der Waals surface area (Å²) in [5, 5.41) is 0. The number of anilines is 1. The van der Waals surface area contributed by atoms with Crippen LogP contribution in [0.1, 0.15) is 50.5 Å². The van der Waals surface area contributed by atoms with Gasteiger partial charge in [-0.1, -0.05) is 24.6 Å².